The SMILES string of the molecule is CCNc1nc(NC(C)CN(C)C)cc(C(F)(F)F)n1. The monoisotopic (exact) mass is 291 g/mol. The highest BCUT2D eigenvalue weighted by Crippen LogP contribution is 2.29. The Morgan fingerprint density at radius 2 is 1.95 bits per heavy atom. The van der Waals surface area contributed by atoms with E-state index in [1.165, 1.54) is 0 Å². The topological polar surface area (TPSA) is 53.1 Å². The lowest BCUT2D eigenvalue weighted by molar-refractivity contribution is -0.141. The van der Waals surface area contributed by atoms with E-state index in [4.69, 9.17) is 0 Å². The summed E-state index contributed by atoms with van der Waals surface area (Å²) in [4.78, 5) is 9.44. The number of nitrogens with zero attached hydrogens (tertiary/aromatic N) is 3. The van der Waals surface area contributed by atoms with E-state index in [1.807, 2.05) is 25.9 Å². The summed E-state index contributed by atoms with van der Waals surface area (Å²) in [5.74, 6) is 0.138. The van der Waals surface area contributed by atoms with E-state index in [1.54, 1.807) is 6.92 Å². The standard InChI is InChI=1S/C12H20F3N5/c1-5-16-11-18-9(12(13,14)15)6-10(19-11)17-8(2)7-20(3)4/h6,8H,5,7H2,1-4H3,(H2,16,17,18,19). The molecule has 5 nitrogen and oxygen atoms in total. The predicted molar refractivity (Wildman–Crippen MR) is 72.8 cm³/mol. The second-order valence-electron chi connectivity index (χ2n) is 4.80. The molecule has 8 heteroatoms. The van der Waals surface area contributed by atoms with Gasteiger partial charge in [-0.1, -0.05) is 0 Å². The van der Waals surface area contributed by atoms with Crippen LogP contribution in [0.5, 0.6) is 0 Å². The first-order valence-electron chi connectivity index (χ1n) is 6.33. The molecule has 0 amide bonds. The molecule has 0 aliphatic heterocycles. The number of halogens is 3. The molecule has 20 heavy (non-hydrogen) atoms. The van der Waals surface area contributed by atoms with Crippen molar-refractivity contribution in [2.45, 2.75) is 26.1 Å². The maximum atomic E-state index is 12.8. The lowest BCUT2D eigenvalue weighted by Gasteiger charge is -2.19. The third-order valence-corrected chi connectivity index (χ3v) is 2.38. The molecule has 1 atom stereocenters. The normalized spacial score (nSPS) is 13.4. The van der Waals surface area contributed by atoms with Gasteiger partial charge < -0.3 is 15.5 Å². The minimum absolute atomic E-state index is 0.0260. The van der Waals surface area contributed by atoms with Crippen molar-refractivity contribution >= 4 is 11.8 Å². The summed E-state index contributed by atoms with van der Waals surface area (Å²) in [5, 5.41) is 5.65. The highest BCUT2D eigenvalue weighted by molar-refractivity contribution is 5.43. The lowest BCUT2D eigenvalue weighted by atomic mass is 10.3. The summed E-state index contributed by atoms with van der Waals surface area (Å²) in [6.07, 6.45) is -4.49. The van der Waals surface area contributed by atoms with Crippen molar-refractivity contribution < 1.29 is 13.2 Å². The number of likely N-dealkylation sites (N-methyl/N-ethyl adjacent to an activating group) is 1. The molecule has 0 saturated carbocycles. The van der Waals surface area contributed by atoms with Gasteiger partial charge in [0, 0.05) is 25.2 Å². The molecule has 0 bridgehead atoms. The molecule has 0 aliphatic rings. The van der Waals surface area contributed by atoms with E-state index in [9.17, 15) is 13.2 Å². The van der Waals surface area contributed by atoms with E-state index < -0.39 is 11.9 Å². The third kappa shape index (κ3) is 5.20. The summed E-state index contributed by atoms with van der Waals surface area (Å²) in [6, 6.07) is 0.892. The Hall–Kier alpha value is -1.57. The molecule has 0 radical (unpaired) electrons. The molecule has 0 spiro atoms. The van der Waals surface area contributed by atoms with E-state index in [0.29, 0.717) is 13.1 Å². The fourth-order valence-corrected chi connectivity index (χ4v) is 1.75. The zero-order valence-corrected chi connectivity index (χ0v) is 12.0. The van der Waals surface area contributed by atoms with Crippen molar-refractivity contribution in [1.82, 2.24) is 14.9 Å². The third-order valence-electron chi connectivity index (χ3n) is 2.38. The van der Waals surface area contributed by atoms with Crippen LogP contribution in [-0.4, -0.2) is 48.1 Å². The first-order chi connectivity index (χ1) is 9.22. The molecule has 0 aliphatic carbocycles. The van der Waals surface area contributed by atoms with Crippen LogP contribution in [0.2, 0.25) is 0 Å². The van der Waals surface area contributed by atoms with Crippen LogP contribution in [0.1, 0.15) is 19.5 Å². The van der Waals surface area contributed by atoms with E-state index >= 15 is 0 Å². The molecule has 1 unspecified atom stereocenters. The van der Waals surface area contributed by atoms with Crippen molar-refractivity contribution in [1.29, 1.82) is 0 Å². The van der Waals surface area contributed by atoms with E-state index in [0.717, 1.165) is 6.07 Å². The maximum Gasteiger partial charge on any atom is 0.433 e. The van der Waals surface area contributed by atoms with Gasteiger partial charge in [0.1, 0.15) is 5.82 Å². The molecule has 1 heterocycles. The van der Waals surface area contributed by atoms with Crippen LogP contribution < -0.4 is 10.6 Å². The van der Waals surface area contributed by atoms with E-state index in [2.05, 4.69) is 20.6 Å². The molecule has 114 valence electrons. The zero-order valence-electron chi connectivity index (χ0n) is 12.0. The molecule has 0 saturated heterocycles. The second-order valence-corrected chi connectivity index (χ2v) is 4.80. The molecular weight excluding hydrogens is 271 g/mol. The molecule has 1 aromatic heterocycles. The average Bonchev–Trinajstić information content (AvgIpc) is 2.26. The van der Waals surface area contributed by atoms with Gasteiger partial charge in [0.15, 0.2) is 5.69 Å². The molecule has 1 rings (SSSR count). The fourth-order valence-electron chi connectivity index (χ4n) is 1.75. The van der Waals surface area contributed by atoms with Gasteiger partial charge >= 0.3 is 6.18 Å². The van der Waals surface area contributed by atoms with Crippen molar-refractivity contribution in [3.05, 3.63) is 11.8 Å². The smallest absolute Gasteiger partial charge is 0.366 e. The Morgan fingerprint density at radius 3 is 2.45 bits per heavy atom. The van der Waals surface area contributed by atoms with Crippen molar-refractivity contribution in [2.24, 2.45) is 0 Å². The molecular formula is C12H20F3N5. The van der Waals surface area contributed by atoms with Crippen LogP contribution in [0.4, 0.5) is 24.9 Å². The predicted octanol–water partition coefficient (Wildman–Crippen LogP) is 2.29. The zero-order chi connectivity index (χ0) is 15.3. The van der Waals surface area contributed by atoms with Crippen LogP contribution >= 0.6 is 0 Å². The largest absolute Gasteiger partial charge is 0.433 e. The molecule has 0 aromatic carbocycles. The van der Waals surface area contributed by atoms with Crippen LogP contribution in [0, 0.1) is 0 Å². The summed E-state index contributed by atoms with van der Waals surface area (Å²) in [6.45, 7) is 4.78. The Labute approximate surface area is 116 Å². The number of hydrogen-bond acceptors (Lipinski definition) is 5. The fraction of sp³-hybridized carbons (Fsp3) is 0.667. The van der Waals surface area contributed by atoms with Gasteiger partial charge in [-0.15, -0.1) is 0 Å². The number of nitrogens with one attached hydrogen (secondary N) is 2. The summed E-state index contributed by atoms with van der Waals surface area (Å²) in [5.41, 5.74) is -0.956. The number of hydrogen-bond donors (Lipinski definition) is 2. The molecule has 1 aromatic rings. The molecule has 0 fully saturated rings. The lowest BCUT2D eigenvalue weighted by Crippen LogP contribution is -2.30. The summed E-state index contributed by atoms with van der Waals surface area (Å²) < 4.78 is 38.3. The number of aromatic nitrogens is 2. The average molecular weight is 291 g/mol. The van der Waals surface area contributed by atoms with Gasteiger partial charge in [-0.2, -0.15) is 18.2 Å². The number of anilines is 2. The van der Waals surface area contributed by atoms with Crippen molar-refractivity contribution in [3.8, 4) is 0 Å². The van der Waals surface area contributed by atoms with Gasteiger partial charge in [0.05, 0.1) is 0 Å². The van der Waals surface area contributed by atoms with E-state index in [-0.39, 0.29) is 17.8 Å². The molecule has 2 N–H and O–H groups in total. The van der Waals surface area contributed by atoms with Gasteiger partial charge in [0.25, 0.3) is 0 Å². The van der Waals surface area contributed by atoms with Crippen molar-refractivity contribution in [3.63, 3.8) is 0 Å². The Balaban J connectivity index is 2.97. The van der Waals surface area contributed by atoms with Gasteiger partial charge in [-0.25, -0.2) is 4.98 Å². The van der Waals surface area contributed by atoms with Crippen LogP contribution in [0.15, 0.2) is 6.07 Å². The van der Waals surface area contributed by atoms with Crippen LogP contribution in [0.25, 0.3) is 0 Å². The van der Waals surface area contributed by atoms with Crippen molar-refractivity contribution in [2.75, 3.05) is 37.8 Å². The minimum Gasteiger partial charge on any atom is -0.366 e. The van der Waals surface area contributed by atoms with Crippen LogP contribution in [0.3, 0.4) is 0 Å². The first-order valence-corrected chi connectivity index (χ1v) is 6.33. The summed E-state index contributed by atoms with van der Waals surface area (Å²) in [7, 11) is 3.78. The highest BCUT2D eigenvalue weighted by Gasteiger charge is 2.33. The Morgan fingerprint density at radius 1 is 1.30 bits per heavy atom. The summed E-state index contributed by atoms with van der Waals surface area (Å²) >= 11 is 0. The second kappa shape index (κ2) is 6.74. The quantitative estimate of drug-likeness (QED) is 0.842. The van der Waals surface area contributed by atoms with Gasteiger partial charge in [-0.05, 0) is 27.9 Å². The maximum absolute atomic E-state index is 12.8. The Kier molecular flexibility index (Phi) is 5.55. The van der Waals surface area contributed by atoms with Gasteiger partial charge in [-0.3, -0.25) is 0 Å². The Bertz CT molecular complexity index is 434. The first kappa shape index (κ1) is 16.5. The highest BCUT2D eigenvalue weighted by atomic mass is 19.4. The number of alkyl halides is 3. The minimum atomic E-state index is -4.49. The van der Waals surface area contributed by atoms with Crippen LogP contribution in [-0.2, 0) is 6.18 Å². The van der Waals surface area contributed by atoms with Gasteiger partial charge in [0.2, 0.25) is 5.95 Å². The number of rotatable bonds is 6.